The van der Waals surface area contributed by atoms with Crippen molar-refractivity contribution in [2.75, 3.05) is 18.4 Å². The number of amides is 1. The molecule has 2 heterocycles. The molecule has 2 N–H and O–H groups in total. The number of hydrogen-bond acceptors (Lipinski definition) is 3. The van der Waals surface area contributed by atoms with Gasteiger partial charge in [0, 0.05) is 18.9 Å². The fourth-order valence-electron chi connectivity index (χ4n) is 2.58. The van der Waals surface area contributed by atoms with Crippen LogP contribution in [0.25, 0.3) is 5.69 Å². The Bertz CT molecular complexity index is 621. The number of carbonyl (C=O) groups excluding carboxylic acids is 1. The molecule has 1 aliphatic heterocycles. The van der Waals surface area contributed by atoms with E-state index in [4.69, 9.17) is 11.6 Å². The Hall–Kier alpha value is -1.85. The average molecular weight is 305 g/mol. The topological polar surface area (TPSA) is 59.0 Å². The van der Waals surface area contributed by atoms with E-state index in [2.05, 4.69) is 15.6 Å². The molecule has 1 aromatic heterocycles. The van der Waals surface area contributed by atoms with E-state index in [0.29, 0.717) is 10.7 Å². The molecule has 2 aromatic rings. The fraction of sp³-hybridized carbons (Fsp3) is 0.333. The highest BCUT2D eigenvalue weighted by molar-refractivity contribution is 6.33. The number of anilines is 1. The zero-order valence-corrected chi connectivity index (χ0v) is 12.3. The lowest BCUT2D eigenvalue weighted by Gasteiger charge is -2.22. The zero-order chi connectivity index (χ0) is 14.7. The molecule has 0 unspecified atom stereocenters. The molecule has 0 radical (unpaired) electrons. The Morgan fingerprint density at radius 3 is 3.10 bits per heavy atom. The van der Waals surface area contributed by atoms with Crippen molar-refractivity contribution in [2.24, 2.45) is 5.92 Å². The summed E-state index contributed by atoms with van der Waals surface area (Å²) in [6.07, 6.45) is 7.10. The number of benzene rings is 1. The predicted octanol–water partition coefficient (Wildman–Crippen LogP) is 2.46. The molecule has 6 heteroatoms. The fourth-order valence-corrected chi connectivity index (χ4v) is 2.85. The largest absolute Gasteiger partial charge is 0.324 e. The summed E-state index contributed by atoms with van der Waals surface area (Å²) in [6.45, 7) is 1.72. The maximum Gasteiger partial charge on any atom is 0.228 e. The van der Waals surface area contributed by atoms with Crippen LogP contribution < -0.4 is 10.6 Å². The monoisotopic (exact) mass is 304 g/mol. The molecule has 5 nitrogen and oxygen atoms in total. The lowest BCUT2D eigenvalue weighted by molar-refractivity contribution is -0.120. The maximum absolute atomic E-state index is 12.4. The van der Waals surface area contributed by atoms with E-state index >= 15 is 0 Å². The smallest absolute Gasteiger partial charge is 0.228 e. The van der Waals surface area contributed by atoms with Gasteiger partial charge in [0.1, 0.15) is 0 Å². The van der Waals surface area contributed by atoms with Crippen LogP contribution in [-0.4, -0.2) is 28.5 Å². The van der Waals surface area contributed by atoms with Crippen molar-refractivity contribution in [1.82, 2.24) is 14.9 Å². The van der Waals surface area contributed by atoms with Crippen molar-refractivity contribution < 1.29 is 4.79 Å². The second kappa shape index (κ2) is 6.28. The molecule has 110 valence electrons. The van der Waals surface area contributed by atoms with Gasteiger partial charge in [-0.05, 0) is 31.5 Å². The molecule has 3 rings (SSSR count). The lowest BCUT2D eigenvalue weighted by atomic mass is 9.99. The van der Waals surface area contributed by atoms with Crippen molar-refractivity contribution >= 4 is 23.2 Å². The van der Waals surface area contributed by atoms with Gasteiger partial charge in [-0.1, -0.05) is 17.7 Å². The number of nitrogens with zero attached hydrogens (tertiary/aromatic N) is 2. The van der Waals surface area contributed by atoms with Crippen LogP contribution in [-0.2, 0) is 4.79 Å². The minimum Gasteiger partial charge on any atom is -0.324 e. The molecule has 21 heavy (non-hydrogen) atoms. The van der Waals surface area contributed by atoms with Gasteiger partial charge in [0.05, 0.1) is 28.6 Å². The van der Waals surface area contributed by atoms with E-state index in [1.807, 2.05) is 12.1 Å². The normalized spacial score (nSPS) is 18.4. The van der Waals surface area contributed by atoms with Crippen molar-refractivity contribution in [3.8, 4) is 5.69 Å². The molecule has 1 saturated heterocycles. The van der Waals surface area contributed by atoms with E-state index in [0.717, 1.165) is 31.6 Å². The first-order valence-corrected chi connectivity index (χ1v) is 7.42. The first kappa shape index (κ1) is 14.1. The Kier molecular flexibility index (Phi) is 4.22. The summed E-state index contributed by atoms with van der Waals surface area (Å²) in [6, 6.07) is 5.49. The van der Waals surface area contributed by atoms with Gasteiger partial charge in [-0.25, -0.2) is 4.98 Å². The molecule has 0 saturated carbocycles. The number of halogens is 1. The van der Waals surface area contributed by atoms with Gasteiger partial charge in [-0.15, -0.1) is 0 Å². The van der Waals surface area contributed by atoms with Crippen LogP contribution in [0.1, 0.15) is 12.8 Å². The first-order chi connectivity index (χ1) is 10.3. The molecule has 0 bridgehead atoms. The number of aromatic nitrogens is 2. The van der Waals surface area contributed by atoms with E-state index in [-0.39, 0.29) is 11.8 Å². The van der Waals surface area contributed by atoms with E-state index in [1.165, 1.54) is 0 Å². The van der Waals surface area contributed by atoms with Crippen molar-refractivity contribution in [3.63, 3.8) is 0 Å². The standard InChI is InChI=1S/C15H17ClN4O/c16-12-4-1-5-13(14(12)20-8-7-18-10-20)19-15(21)11-3-2-6-17-9-11/h1,4-5,7-8,10-11,17H,2-3,6,9H2,(H,19,21)/t11-/m0/s1. The van der Waals surface area contributed by atoms with Crippen molar-refractivity contribution in [2.45, 2.75) is 12.8 Å². The Labute approximate surface area is 128 Å². The third kappa shape index (κ3) is 3.09. The van der Waals surface area contributed by atoms with Gasteiger partial charge in [0.15, 0.2) is 0 Å². The Balaban J connectivity index is 1.85. The van der Waals surface area contributed by atoms with E-state index in [1.54, 1.807) is 29.4 Å². The maximum atomic E-state index is 12.4. The molecular formula is C15H17ClN4O. The highest BCUT2D eigenvalue weighted by Gasteiger charge is 2.22. The van der Waals surface area contributed by atoms with Crippen LogP contribution in [0, 0.1) is 5.92 Å². The quantitative estimate of drug-likeness (QED) is 0.916. The van der Waals surface area contributed by atoms with Crippen LogP contribution in [0.4, 0.5) is 5.69 Å². The molecule has 0 aliphatic carbocycles. The summed E-state index contributed by atoms with van der Waals surface area (Å²) in [4.78, 5) is 16.4. The summed E-state index contributed by atoms with van der Waals surface area (Å²) in [5.41, 5.74) is 1.45. The predicted molar refractivity (Wildman–Crippen MR) is 82.8 cm³/mol. The minimum absolute atomic E-state index is 0.00775. The third-order valence-electron chi connectivity index (χ3n) is 3.67. The van der Waals surface area contributed by atoms with Crippen molar-refractivity contribution in [3.05, 3.63) is 41.9 Å². The number of imidazole rings is 1. The average Bonchev–Trinajstić information content (AvgIpc) is 3.02. The Morgan fingerprint density at radius 2 is 2.38 bits per heavy atom. The van der Waals surface area contributed by atoms with Crippen molar-refractivity contribution in [1.29, 1.82) is 0 Å². The summed E-state index contributed by atoms with van der Waals surface area (Å²) in [5, 5.41) is 6.83. The van der Waals surface area contributed by atoms with Crippen LogP contribution in [0.5, 0.6) is 0 Å². The molecule has 1 amide bonds. The van der Waals surface area contributed by atoms with Gasteiger partial charge < -0.3 is 15.2 Å². The van der Waals surface area contributed by atoms with Gasteiger partial charge in [0.25, 0.3) is 0 Å². The summed E-state index contributed by atoms with van der Waals surface area (Å²) < 4.78 is 1.80. The Morgan fingerprint density at radius 1 is 1.48 bits per heavy atom. The van der Waals surface area contributed by atoms with E-state index in [9.17, 15) is 4.79 Å². The van der Waals surface area contributed by atoms with Gasteiger partial charge >= 0.3 is 0 Å². The second-order valence-corrected chi connectivity index (χ2v) is 5.55. The van der Waals surface area contributed by atoms with Crippen LogP contribution in [0.15, 0.2) is 36.9 Å². The van der Waals surface area contributed by atoms with Crippen LogP contribution in [0.3, 0.4) is 0 Å². The SMILES string of the molecule is O=C(Nc1cccc(Cl)c1-n1ccnc1)[C@H]1CCCNC1. The number of hydrogen-bond donors (Lipinski definition) is 2. The molecule has 0 spiro atoms. The zero-order valence-electron chi connectivity index (χ0n) is 11.6. The number of carbonyl (C=O) groups is 1. The van der Waals surface area contributed by atoms with E-state index < -0.39 is 0 Å². The molecule has 1 fully saturated rings. The summed E-state index contributed by atoms with van der Waals surface area (Å²) in [7, 11) is 0. The number of rotatable bonds is 3. The lowest BCUT2D eigenvalue weighted by Crippen LogP contribution is -2.37. The number of nitrogens with one attached hydrogen (secondary N) is 2. The molecule has 1 aromatic carbocycles. The first-order valence-electron chi connectivity index (χ1n) is 7.04. The van der Waals surface area contributed by atoms with Gasteiger partial charge in [0.2, 0.25) is 5.91 Å². The molecular weight excluding hydrogens is 288 g/mol. The summed E-state index contributed by atoms with van der Waals surface area (Å²) >= 11 is 6.28. The summed E-state index contributed by atoms with van der Waals surface area (Å²) in [5.74, 6) is 0.0409. The molecule has 1 aliphatic rings. The second-order valence-electron chi connectivity index (χ2n) is 5.14. The minimum atomic E-state index is 0.00775. The van der Waals surface area contributed by atoms with Gasteiger partial charge in [-0.3, -0.25) is 4.79 Å². The van der Waals surface area contributed by atoms with Gasteiger partial charge in [-0.2, -0.15) is 0 Å². The number of para-hydroxylation sites is 1. The highest BCUT2D eigenvalue weighted by Crippen LogP contribution is 2.29. The van der Waals surface area contributed by atoms with Crippen LogP contribution in [0.2, 0.25) is 5.02 Å². The third-order valence-corrected chi connectivity index (χ3v) is 3.98. The van der Waals surface area contributed by atoms with Crippen LogP contribution >= 0.6 is 11.6 Å². The highest BCUT2D eigenvalue weighted by atomic mass is 35.5. The molecule has 1 atom stereocenters. The number of piperidine rings is 1.